The van der Waals surface area contributed by atoms with E-state index in [2.05, 4.69) is 4.98 Å². The van der Waals surface area contributed by atoms with Crippen molar-refractivity contribution in [3.05, 3.63) is 64.7 Å². The van der Waals surface area contributed by atoms with Crippen molar-refractivity contribution in [3.63, 3.8) is 0 Å². The SMILES string of the molecule is Cc1sc(-c2ccc(C(F)(F)F)cc2)nc1CCOc1ccc(S(=O)(=O)Cl)cc1. The Morgan fingerprint density at radius 3 is 2.24 bits per heavy atom. The van der Waals surface area contributed by atoms with Crippen LogP contribution < -0.4 is 4.74 Å². The van der Waals surface area contributed by atoms with E-state index in [0.717, 1.165) is 22.7 Å². The van der Waals surface area contributed by atoms with Crippen molar-refractivity contribution in [2.45, 2.75) is 24.4 Å². The van der Waals surface area contributed by atoms with Gasteiger partial charge >= 0.3 is 6.18 Å². The summed E-state index contributed by atoms with van der Waals surface area (Å²) in [4.78, 5) is 5.45. The maximum atomic E-state index is 12.7. The number of ether oxygens (including phenoxy) is 1. The predicted octanol–water partition coefficient (Wildman–Crippen LogP) is 5.69. The molecule has 3 aromatic rings. The van der Waals surface area contributed by atoms with Crippen LogP contribution in [0.2, 0.25) is 0 Å². The third kappa shape index (κ3) is 5.49. The monoisotopic (exact) mass is 461 g/mol. The summed E-state index contributed by atoms with van der Waals surface area (Å²) in [5, 5.41) is 0.642. The summed E-state index contributed by atoms with van der Waals surface area (Å²) >= 11 is 1.40. The third-order valence-corrected chi connectivity index (χ3v) is 6.50. The second kappa shape index (κ2) is 8.33. The maximum absolute atomic E-state index is 12.7. The van der Waals surface area contributed by atoms with Gasteiger partial charge in [0.2, 0.25) is 0 Å². The zero-order valence-electron chi connectivity index (χ0n) is 15.0. The Balaban J connectivity index is 1.64. The van der Waals surface area contributed by atoms with Gasteiger partial charge in [-0.15, -0.1) is 11.3 Å². The van der Waals surface area contributed by atoms with Crippen LogP contribution in [0.5, 0.6) is 5.75 Å². The van der Waals surface area contributed by atoms with Crippen LogP contribution in [-0.4, -0.2) is 20.0 Å². The average molecular weight is 462 g/mol. The molecule has 0 aliphatic rings. The average Bonchev–Trinajstić information content (AvgIpc) is 3.02. The standard InChI is InChI=1S/C19H15ClF3NO3S2/c1-12-17(10-11-27-15-6-8-16(9-7-15)29(20,25)26)24-18(28-12)13-2-4-14(5-3-13)19(21,22)23/h2-9H,10-11H2,1H3. The number of nitrogens with zero attached hydrogens (tertiary/aromatic N) is 1. The summed E-state index contributed by atoms with van der Waals surface area (Å²) in [7, 11) is 1.49. The summed E-state index contributed by atoms with van der Waals surface area (Å²) in [6.45, 7) is 2.20. The van der Waals surface area contributed by atoms with E-state index in [-0.39, 0.29) is 4.90 Å². The van der Waals surface area contributed by atoms with E-state index in [0.29, 0.717) is 29.3 Å². The lowest BCUT2D eigenvalue weighted by atomic mass is 10.1. The number of halogens is 4. The summed E-state index contributed by atoms with van der Waals surface area (Å²) in [5.41, 5.74) is 0.720. The quantitative estimate of drug-likeness (QED) is 0.443. The Labute approximate surface area is 174 Å². The largest absolute Gasteiger partial charge is 0.493 e. The van der Waals surface area contributed by atoms with Gasteiger partial charge in [-0.25, -0.2) is 13.4 Å². The molecule has 0 unspecified atom stereocenters. The molecular weight excluding hydrogens is 447 g/mol. The fourth-order valence-electron chi connectivity index (χ4n) is 2.55. The van der Waals surface area contributed by atoms with Crippen LogP contribution in [0.15, 0.2) is 53.4 Å². The first-order valence-electron chi connectivity index (χ1n) is 8.35. The van der Waals surface area contributed by atoms with Crippen LogP contribution in [0.1, 0.15) is 16.1 Å². The number of aromatic nitrogens is 1. The van der Waals surface area contributed by atoms with Crippen LogP contribution in [0.3, 0.4) is 0 Å². The molecule has 0 atom stereocenters. The van der Waals surface area contributed by atoms with Crippen molar-refractivity contribution < 1.29 is 26.3 Å². The lowest BCUT2D eigenvalue weighted by Crippen LogP contribution is -2.04. The number of hydrogen-bond donors (Lipinski definition) is 0. The second-order valence-electron chi connectivity index (χ2n) is 6.10. The van der Waals surface area contributed by atoms with E-state index < -0.39 is 20.8 Å². The molecule has 0 radical (unpaired) electrons. The van der Waals surface area contributed by atoms with Gasteiger partial charge in [0.1, 0.15) is 10.8 Å². The molecule has 0 saturated carbocycles. The number of rotatable bonds is 6. The molecule has 4 nitrogen and oxygen atoms in total. The number of thiazole rings is 1. The summed E-state index contributed by atoms with van der Waals surface area (Å²) in [6.07, 6.45) is -3.87. The first-order chi connectivity index (χ1) is 13.5. The van der Waals surface area contributed by atoms with Gasteiger partial charge in [-0.3, -0.25) is 0 Å². The lowest BCUT2D eigenvalue weighted by molar-refractivity contribution is -0.137. The number of hydrogen-bond acceptors (Lipinski definition) is 5. The normalized spacial score (nSPS) is 12.2. The Bertz CT molecular complexity index is 1090. The molecule has 0 aliphatic carbocycles. The molecule has 29 heavy (non-hydrogen) atoms. The minimum atomic E-state index is -4.37. The smallest absolute Gasteiger partial charge is 0.416 e. The van der Waals surface area contributed by atoms with Crippen molar-refractivity contribution >= 4 is 31.1 Å². The topological polar surface area (TPSA) is 56.3 Å². The molecule has 1 aromatic heterocycles. The van der Waals surface area contributed by atoms with Crippen LogP contribution in [-0.2, 0) is 21.6 Å². The van der Waals surface area contributed by atoms with Gasteiger partial charge in [-0.2, -0.15) is 13.2 Å². The number of benzene rings is 2. The highest BCUT2D eigenvalue weighted by Crippen LogP contribution is 2.33. The van der Waals surface area contributed by atoms with Gasteiger partial charge in [-0.1, -0.05) is 12.1 Å². The molecule has 3 rings (SSSR count). The van der Waals surface area contributed by atoms with E-state index in [9.17, 15) is 21.6 Å². The molecule has 154 valence electrons. The molecule has 0 bridgehead atoms. The Morgan fingerprint density at radius 1 is 1.07 bits per heavy atom. The minimum absolute atomic E-state index is 0.0111. The van der Waals surface area contributed by atoms with E-state index in [1.165, 1.54) is 47.7 Å². The predicted molar refractivity (Wildman–Crippen MR) is 106 cm³/mol. The first-order valence-corrected chi connectivity index (χ1v) is 11.5. The van der Waals surface area contributed by atoms with Crippen molar-refractivity contribution in [2.24, 2.45) is 0 Å². The molecule has 1 heterocycles. The third-order valence-electron chi connectivity index (χ3n) is 4.06. The Kier molecular flexibility index (Phi) is 6.21. The van der Waals surface area contributed by atoms with Gasteiger partial charge in [0, 0.05) is 27.5 Å². The van der Waals surface area contributed by atoms with E-state index in [1.54, 1.807) is 0 Å². The maximum Gasteiger partial charge on any atom is 0.416 e. The summed E-state index contributed by atoms with van der Waals surface area (Å²) < 4.78 is 66.1. The van der Waals surface area contributed by atoms with Crippen LogP contribution in [0, 0.1) is 6.92 Å². The fraction of sp³-hybridized carbons (Fsp3) is 0.211. The van der Waals surface area contributed by atoms with Crippen molar-refractivity contribution in [1.29, 1.82) is 0 Å². The van der Waals surface area contributed by atoms with Crippen LogP contribution >= 0.6 is 22.0 Å². The van der Waals surface area contributed by atoms with Gasteiger partial charge in [0.05, 0.1) is 22.8 Å². The molecule has 2 aromatic carbocycles. The Hall–Kier alpha value is -2.10. The van der Waals surface area contributed by atoms with E-state index >= 15 is 0 Å². The minimum Gasteiger partial charge on any atom is -0.493 e. The number of aryl methyl sites for hydroxylation is 1. The molecule has 0 saturated heterocycles. The van der Waals surface area contributed by atoms with Gasteiger partial charge in [0.15, 0.2) is 0 Å². The summed E-state index contributed by atoms with van der Waals surface area (Å²) in [6, 6.07) is 10.6. The fourth-order valence-corrected chi connectivity index (χ4v) is 4.28. The second-order valence-corrected chi connectivity index (χ2v) is 9.87. The van der Waals surface area contributed by atoms with Gasteiger partial charge < -0.3 is 4.74 Å². The van der Waals surface area contributed by atoms with Crippen molar-refractivity contribution in [2.75, 3.05) is 6.61 Å². The Morgan fingerprint density at radius 2 is 1.69 bits per heavy atom. The molecule has 0 aliphatic heterocycles. The molecule has 10 heteroatoms. The summed E-state index contributed by atoms with van der Waals surface area (Å²) in [5.74, 6) is 0.491. The highest BCUT2D eigenvalue weighted by molar-refractivity contribution is 8.13. The van der Waals surface area contributed by atoms with E-state index in [1.807, 2.05) is 6.92 Å². The van der Waals surface area contributed by atoms with Crippen molar-refractivity contribution in [3.8, 4) is 16.3 Å². The highest BCUT2D eigenvalue weighted by atomic mass is 35.7. The zero-order chi connectivity index (χ0) is 21.2. The molecule has 0 fully saturated rings. The molecular formula is C19H15ClF3NO3S2. The highest BCUT2D eigenvalue weighted by Gasteiger charge is 2.30. The van der Waals surface area contributed by atoms with Crippen LogP contribution in [0.4, 0.5) is 13.2 Å². The van der Waals surface area contributed by atoms with E-state index in [4.69, 9.17) is 15.4 Å². The van der Waals surface area contributed by atoms with Crippen LogP contribution in [0.25, 0.3) is 10.6 Å². The lowest BCUT2D eigenvalue weighted by Gasteiger charge is -2.06. The first kappa shape index (κ1) is 21.6. The zero-order valence-corrected chi connectivity index (χ0v) is 17.4. The van der Waals surface area contributed by atoms with Crippen molar-refractivity contribution in [1.82, 2.24) is 4.98 Å². The molecule has 0 spiro atoms. The van der Waals surface area contributed by atoms with Gasteiger partial charge in [-0.05, 0) is 43.3 Å². The van der Waals surface area contributed by atoms with Gasteiger partial charge in [0.25, 0.3) is 9.05 Å². The number of alkyl halides is 3. The molecule has 0 amide bonds. The molecule has 0 N–H and O–H groups in total.